The van der Waals surface area contributed by atoms with Crippen molar-refractivity contribution in [2.75, 3.05) is 5.32 Å². The van der Waals surface area contributed by atoms with Crippen molar-refractivity contribution >= 4 is 62.6 Å². The quantitative estimate of drug-likeness (QED) is 0.317. The van der Waals surface area contributed by atoms with E-state index in [-0.39, 0.29) is 10.4 Å². The third-order valence-corrected chi connectivity index (χ3v) is 6.03. The summed E-state index contributed by atoms with van der Waals surface area (Å²) in [5.41, 5.74) is 1.58. The van der Waals surface area contributed by atoms with Crippen LogP contribution in [-0.4, -0.2) is 24.5 Å². The van der Waals surface area contributed by atoms with Crippen LogP contribution in [0.15, 0.2) is 53.8 Å². The Balaban J connectivity index is 1.75. The molecular weight excluding hydrogens is 490 g/mol. The first-order chi connectivity index (χ1) is 15.8. The lowest BCUT2D eigenvalue weighted by molar-refractivity contribution is 0.629. The summed E-state index contributed by atoms with van der Waals surface area (Å²) in [4.78, 5) is 29.2. The van der Waals surface area contributed by atoms with Crippen molar-refractivity contribution in [3.8, 4) is 5.69 Å². The SMILES string of the molecule is C[C@@H](Nc1ncnc2[nH]cnc12)c1cc2ccc(F)c(Cl)c2c(=O)n1-c1cc(Cl)cc(Cl)c1. The van der Waals surface area contributed by atoms with Gasteiger partial charge in [0, 0.05) is 15.7 Å². The van der Waals surface area contributed by atoms with Gasteiger partial charge in [0.1, 0.15) is 17.7 Å². The van der Waals surface area contributed by atoms with Crippen LogP contribution in [0.4, 0.5) is 10.2 Å². The summed E-state index contributed by atoms with van der Waals surface area (Å²) in [6.45, 7) is 1.86. The lowest BCUT2D eigenvalue weighted by Crippen LogP contribution is -2.26. The molecule has 33 heavy (non-hydrogen) atoms. The minimum atomic E-state index is -0.683. The lowest BCUT2D eigenvalue weighted by atomic mass is 10.1. The zero-order valence-electron chi connectivity index (χ0n) is 16.9. The molecule has 0 aliphatic rings. The molecule has 3 aromatic heterocycles. The lowest BCUT2D eigenvalue weighted by Gasteiger charge is -2.22. The van der Waals surface area contributed by atoms with Gasteiger partial charge < -0.3 is 10.3 Å². The number of aromatic nitrogens is 5. The maximum absolute atomic E-state index is 14.2. The molecule has 0 unspecified atom stereocenters. The second-order valence-electron chi connectivity index (χ2n) is 7.35. The molecule has 2 N–H and O–H groups in total. The highest BCUT2D eigenvalue weighted by Gasteiger charge is 2.21. The monoisotopic (exact) mass is 502 g/mol. The van der Waals surface area contributed by atoms with E-state index in [0.29, 0.717) is 43.8 Å². The second kappa shape index (κ2) is 8.30. The van der Waals surface area contributed by atoms with E-state index in [1.807, 2.05) is 6.92 Å². The van der Waals surface area contributed by atoms with E-state index in [4.69, 9.17) is 34.8 Å². The zero-order chi connectivity index (χ0) is 23.3. The number of rotatable bonds is 4. The Labute approximate surface area is 201 Å². The van der Waals surface area contributed by atoms with Crippen molar-refractivity contribution in [1.82, 2.24) is 24.5 Å². The number of hydrogen-bond donors (Lipinski definition) is 2. The fourth-order valence-electron chi connectivity index (χ4n) is 3.76. The number of nitrogens with zero attached hydrogens (tertiary/aromatic N) is 4. The Kier molecular flexibility index (Phi) is 5.44. The molecule has 0 aliphatic carbocycles. The molecule has 0 saturated carbocycles. The van der Waals surface area contributed by atoms with Crippen molar-refractivity contribution in [2.24, 2.45) is 0 Å². The van der Waals surface area contributed by atoms with Gasteiger partial charge in [-0.2, -0.15) is 0 Å². The van der Waals surface area contributed by atoms with Gasteiger partial charge in [-0.05, 0) is 42.6 Å². The van der Waals surface area contributed by atoms with E-state index in [0.717, 1.165) is 0 Å². The number of nitrogens with one attached hydrogen (secondary N) is 2. The molecule has 3 heterocycles. The predicted molar refractivity (Wildman–Crippen MR) is 128 cm³/mol. The van der Waals surface area contributed by atoms with Crippen LogP contribution >= 0.6 is 34.8 Å². The molecule has 0 bridgehead atoms. The first kappa shape index (κ1) is 21.6. The van der Waals surface area contributed by atoms with Crippen LogP contribution in [0.2, 0.25) is 15.1 Å². The van der Waals surface area contributed by atoms with Gasteiger partial charge in [0.05, 0.1) is 28.5 Å². The van der Waals surface area contributed by atoms with Gasteiger partial charge in [0.15, 0.2) is 11.5 Å². The third-order valence-electron chi connectivity index (χ3n) is 5.23. The van der Waals surface area contributed by atoms with Crippen molar-refractivity contribution in [3.05, 3.63) is 86.0 Å². The molecule has 11 heteroatoms. The summed E-state index contributed by atoms with van der Waals surface area (Å²) in [5, 5.41) is 4.26. The van der Waals surface area contributed by atoms with E-state index in [2.05, 4.69) is 25.3 Å². The van der Waals surface area contributed by atoms with Crippen LogP contribution in [0.5, 0.6) is 0 Å². The molecule has 5 rings (SSSR count). The average Bonchev–Trinajstić information content (AvgIpc) is 3.25. The molecule has 0 amide bonds. The number of aromatic amines is 1. The maximum Gasteiger partial charge on any atom is 0.264 e. The molecule has 1 atom stereocenters. The molecule has 7 nitrogen and oxygen atoms in total. The number of fused-ring (bicyclic) bond motifs is 2. The highest BCUT2D eigenvalue weighted by atomic mass is 35.5. The smallest absolute Gasteiger partial charge is 0.264 e. The molecule has 0 aliphatic heterocycles. The summed E-state index contributed by atoms with van der Waals surface area (Å²) < 4.78 is 15.6. The average molecular weight is 504 g/mol. The van der Waals surface area contributed by atoms with E-state index >= 15 is 0 Å². The summed E-state index contributed by atoms with van der Waals surface area (Å²) in [5.74, 6) is -0.202. The standard InChI is InChI=1S/C22H14Cl3FN6O/c1-10(31-21-19-20(28-8-27-19)29-9-30-21)16-4-11-2-3-15(26)18(25)17(11)22(33)32(16)14-6-12(23)5-13(24)7-14/h2-10H,1H3,(H2,27,28,29,30,31)/t10-/m1/s1. The van der Waals surface area contributed by atoms with Gasteiger partial charge >= 0.3 is 0 Å². The molecule has 5 aromatic rings. The number of pyridine rings is 1. The Hall–Kier alpha value is -3.20. The fraction of sp³-hybridized carbons (Fsp3) is 0.0909. The summed E-state index contributed by atoms with van der Waals surface area (Å²) in [7, 11) is 0. The number of imidazole rings is 1. The van der Waals surface area contributed by atoms with Crippen molar-refractivity contribution < 1.29 is 4.39 Å². The van der Waals surface area contributed by atoms with Crippen LogP contribution in [-0.2, 0) is 0 Å². The number of hydrogen-bond acceptors (Lipinski definition) is 5. The number of halogens is 4. The maximum atomic E-state index is 14.2. The second-order valence-corrected chi connectivity index (χ2v) is 8.60. The van der Waals surface area contributed by atoms with Crippen LogP contribution in [0.3, 0.4) is 0 Å². The van der Waals surface area contributed by atoms with Gasteiger partial charge in [-0.3, -0.25) is 9.36 Å². The highest BCUT2D eigenvalue weighted by molar-refractivity contribution is 6.36. The summed E-state index contributed by atoms with van der Waals surface area (Å²) >= 11 is 18.6. The van der Waals surface area contributed by atoms with E-state index in [9.17, 15) is 9.18 Å². The normalized spacial score (nSPS) is 12.4. The Morgan fingerprint density at radius 3 is 2.58 bits per heavy atom. The number of benzene rings is 2. The Morgan fingerprint density at radius 2 is 1.82 bits per heavy atom. The molecule has 0 saturated heterocycles. The molecule has 2 aromatic carbocycles. The highest BCUT2D eigenvalue weighted by Crippen LogP contribution is 2.30. The minimum Gasteiger partial charge on any atom is -0.360 e. The molecular formula is C22H14Cl3FN6O. The molecule has 0 spiro atoms. The van der Waals surface area contributed by atoms with Gasteiger partial charge in [-0.25, -0.2) is 19.3 Å². The molecule has 0 radical (unpaired) electrons. The van der Waals surface area contributed by atoms with E-state index < -0.39 is 17.4 Å². The topological polar surface area (TPSA) is 88.5 Å². The van der Waals surface area contributed by atoms with Crippen LogP contribution in [0, 0.1) is 5.82 Å². The molecule has 166 valence electrons. The van der Waals surface area contributed by atoms with Crippen LogP contribution in [0.25, 0.3) is 27.6 Å². The summed E-state index contributed by atoms with van der Waals surface area (Å²) in [6.07, 6.45) is 2.92. The molecule has 0 fully saturated rings. The third kappa shape index (κ3) is 3.80. The number of H-pyrrole nitrogens is 1. The zero-order valence-corrected chi connectivity index (χ0v) is 19.2. The van der Waals surface area contributed by atoms with E-state index in [1.54, 1.807) is 24.3 Å². The Morgan fingerprint density at radius 1 is 1.06 bits per heavy atom. The van der Waals surface area contributed by atoms with Gasteiger partial charge in [-0.15, -0.1) is 0 Å². The van der Waals surface area contributed by atoms with Gasteiger partial charge in [0.2, 0.25) is 0 Å². The van der Waals surface area contributed by atoms with Crippen LogP contribution < -0.4 is 10.9 Å². The number of anilines is 1. The van der Waals surface area contributed by atoms with Gasteiger partial charge in [-0.1, -0.05) is 40.9 Å². The fourth-order valence-corrected chi connectivity index (χ4v) is 4.53. The van der Waals surface area contributed by atoms with Crippen LogP contribution in [0.1, 0.15) is 18.7 Å². The van der Waals surface area contributed by atoms with E-state index in [1.165, 1.54) is 29.4 Å². The largest absolute Gasteiger partial charge is 0.360 e. The van der Waals surface area contributed by atoms with Crippen molar-refractivity contribution in [3.63, 3.8) is 0 Å². The minimum absolute atomic E-state index is 0.0560. The van der Waals surface area contributed by atoms with Crippen molar-refractivity contribution in [1.29, 1.82) is 0 Å². The van der Waals surface area contributed by atoms with Gasteiger partial charge in [0.25, 0.3) is 5.56 Å². The first-order valence-electron chi connectivity index (χ1n) is 9.74. The Bertz CT molecular complexity index is 1580. The predicted octanol–water partition coefficient (Wildman–Crippen LogP) is 5.93. The first-order valence-corrected chi connectivity index (χ1v) is 10.9. The van der Waals surface area contributed by atoms with Crippen molar-refractivity contribution in [2.45, 2.75) is 13.0 Å². The summed E-state index contributed by atoms with van der Waals surface area (Å²) in [6, 6.07) is 8.81.